The first-order chi connectivity index (χ1) is 18.7. The molecule has 0 spiro atoms. The summed E-state index contributed by atoms with van der Waals surface area (Å²) in [6.45, 7) is 7.12. The normalized spacial score (nSPS) is 43.6. The summed E-state index contributed by atoms with van der Waals surface area (Å²) in [6, 6.07) is 9.22. The number of Topliss-reactive ketones (excluding diaryl/α,β-unsaturated/α-hetero) is 2. The summed E-state index contributed by atoms with van der Waals surface area (Å²) in [4.78, 5) is 39.1. The van der Waals surface area contributed by atoms with E-state index in [0.29, 0.717) is 37.2 Å². The predicted octanol–water partition coefficient (Wildman–Crippen LogP) is 6.16. The molecule has 1 saturated heterocycles. The molecule has 5 aliphatic rings. The summed E-state index contributed by atoms with van der Waals surface area (Å²) in [7, 11) is 0. The molecular weight excluding hydrogens is 492 g/mol. The first kappa shape index (κ1) is 27.1. The van der Waals surface area contributed by atoms with E-state index in [1.807, 2.05) is 18.2 Å². The third-order valence-corrected chi connectivity index (χ3v) is 11.6. The molecule has 5 unspecified atom stereocenters. The average molecular weight is 537 g/mol. The lowest BCUT2D eigenvalue weighted by atomic mass is 9.43. The van der Waals surface area contributed by atoms with Crippen LogP contribution in [-0.4, -0.2) is 42.6 Å². The Labute approximate surface area is 232 Å². The van der Waals surface area contributed by atoms with Crippen LogP contribution in [0.3, 0.4) is 0 Å². The van der Waals surface area contributed by atoms with E-state index < -0.39 is 0 Å². The molecule has 1 heterocycles. The predicted molar refractivity (Wildman–Crippen MR) is 146 cm³/mol. The zero-order chi connectivity index (χ0) is 27.4. The molecule has 0 aromatic heterocycles. The standard InChI is InChI=1S/C33H44O6/c1-20(34)24-12-13-25-29-26(39-31(36)21-9-5-4-6-10-21)18-22-17-23(35)14-15-32(22,2)30(29)27(19-33(24,25)3)38-28-11-7-8-16-37-28/h4-6,9-10,22,24-30H,7-8,11-19H2,1-3H3/t22-,24?,25?,26-,27+,28?,29?,30?,32-,33+/m0/s1. The Morgan fingerprint density at radius 2 is 1.79 bits per heavy atom. The Morgan fingerprint density at radius 3 is 2.51 bits per heavy atom. The van der Waals surface area contributed by atoms with Crippen molar-refractivity contribution in [2.24, 2.45) is 40.4 Å². The fraction of sp³-hybridized carbons (Fsp3) is 0.727. The fourth-order valence-electron chi connectivity index (χ4n) is 9.78. The number of rotatable bonds is 5. The second kappa shape index (κ2) is 10.4. The molecule has 0 N–H and O–H groups in total. The van der Waals surface area contributed by atoms with E-state index in [0.717, 1.165) is 44.9 Å². The third kappa shape index (κ3) is 4.69. The number of fused-ring (bicyclic) bond motifs is 5. The Bertz CT molecular complexity index is 1090. The molecule has 4 saturated carbocycles. The van der Waals surface area contributed by atoms with Crippen LogP contribution in [-0.2, 0) is 23.8 Å². The lowest BCUT2D eigenvalue weighted by Crippen LogP contribution is -2.64. The molecule has 39 heavy (non-hydrogen) atoms. The minimum atomic E-state index is -0.305. The quantitative estimate of drug-likeness (QED) is 0.420. The van der Waals surface area contributed by atoms with Crippen molar-refractivity contribution in [3.8, 4) is 0 Å². The summed E-state index contributed by atoms with van der Waals surface area (Å²) >= 11 is 0. The highest BCUT2D eigenvalue weighted by molar-refractivity contribution is 5.89. The highest BCUT2D eigenvalue weighted by Gasteiger charge is 2.67. The second-order valence-electron chi connectivity index (χ2n) is 13.6. The van der Waals surface area contributed by atoms with Crippen molar-refractivity contribution in [1.29, 1.82) is 0 Å². The summed E-state index contributed by atoms with van der Waals surface area (Å²) in [5.41, 5.74) is 0.262. The number of esters is 1. The number of carbonyl (C=O) groups excluding carboxylic acids is 3. The fourth-order valence-corrected chi connectivity index (χ4v) is 9.78. The van der Waals surface area contributed by atoms with E-state index in [2.05, 4.69) is 13.8 Å². The summed E-state index contributed by atoms with van der Waals surface area (Å²) < 4.78 is 19.5. The first-order valence-corrected chi connectivity index (χ1v) is 15.3. The van der Waals surface area contributed by atoms with Crippen LogP contribution >= 0.6 is 0 Å². The molecule has 6 heteroatoms. The van der Waals surface area contributed by atoms with Crippen molar-refractivity contribution in [2.75, 3.05) is 6.61 Å². The maximum Gasteiger partial charge on any atom is 0.338 e. The lowest BCUT2D eigenvalue weighted by molar-refractivity contribution is -0.265. The number of carbonyl (C=O) groups is 3. The Kier molecular flexibility index (Phi) is 7.24. The van der Waals surface area contributed by atoms with E-state index in [-0.39, 0.29) is 70.7 Å². The van der Waals surface area contributed by atoms with Crippen LogP contribution in [0.2, 0.25) is 0 Å². The van der Waals surface area contributed by atoms with Gasteiger partial charge in [0.2, 0.25) is 0 Å². The SMILES string of the molecule is CC(=O)C1CCC2C3C([C@H](OC4CCCCO4)C[C@]12C)[C@@]1(C)CCC(=O)C[C@H]1C[C@@H]3OC(=O)c1ccccc1. The molecule has 0 bridgehead atoms. The van der Waals surface area contributed by atoms with E-state index in [1.54, 1.807) is 19.1 Å². The van der Waals surface area contributed by atoms with Gasteiger partial charge < -0.3 is 14.2 Å². The van der Waals surface area contributed by atoms with Gasteiger partial charge in [0.1, 0.15) is 17.7 Å². The molecule has 4 aliphatic carbocycles. The van der Waals surface area contributed by atoms with Crippen molar-refractivity contribution in [3.63, 3.8) is 0 Å². The van der Waals surface area contributed by atoms with Crippen molar-refractivity contribution >= 4 is 17.5 Å². The molecule has 0 amide bonds. The van der Waals surface area contributed by atoms with Gasteiger partial charge in [-0.25, -0.2) is 4.79 Å². The van der Waals surface area contributed by atoms with E-state index >= 15 is 0 Å². The molecular formula is C33H44O6. The van der Waals surface area contributed by atoms with Crippen LogP contribution in [0.5, 0.6) is 0 Å². The second-order valence-corrected chi connectivity index (χ2v) is 13.6. The van der Waals surface area contributed by atoms with E-state index in [4.69, 9.17) is 14.2 Å². The highest BCUT2D eigenvalue weighted by atomic mass is 16.7. The molecule has 10 atom stereocenters. The van der Waals surface area contributed by atoms with Gasteiger partial charge in [-0.2, -0.15) is 0 Å². The summed E-state index contributed by atoms with van der Waals surface area (Å²) in [5, 5.41) is 0. The molecule has 212 valence electrons. The molecule has 0 radical (unpaired) electrons. The zero-order valence-corrected chi connectivity index (χ0v) is 23.7. The third-order valence-electron chi connectivity index (χ3n) is 11.6. The summed E-state index contributed by atoms with van der Waals surface area (Å²) in [5.74, 6) is 0.921. The van der Waals surface area contributed by atoms with Gasteiger partial charge in [0.05, 0.1) is 11.7 Å². The lowest BCUT2D eigenvalue weighted by Gasteiger charge is -2.64. The number of ether oxygens (including phenoxy) is 3. The van der Waals surface area contributed by atoms with E-state index in [1.165, 1.54) is 0 Å². The van der Waals surface area contributed by atoms with Gasteiger partial charge in [-0.05, 0) is 99.0 Å². The van der Waals surface area contributed by atoms with Gasteiger partial charge >= 0.3 is 5.97 Å². The van der Waals surface area contributed by atoms with Gasteiger partial charge in [-0.1, -0.05) is 32.0 Å². The van der Waals surface area contributed by atoms with Crippen LogP contribution in [0.25, 0.3) is 0 Å². The zero-order valence-electron chi connectivity index (χ0n) is 23.7. The van der Waals surface area contributed by atoms with E-state index in [9.17, 15) is 14.4 Å². The average Bonchev–Trinajstić information content (AvgIpc) is 3.27. The Morgan fingerprint density at radius 1 is 1.00 bits per heavy atom. The van der Waals surface area contributed by atoms with Crippen molar-refractivity contribution in [3.05, 3.63) is 35.9 Å². The van der Waals surface area contributed by atoms with Gasteiger partial charge in [0.25, 0.3) is 0 Å². The van der Waals surface area contributed by atoms with Crippen molar-refractivity contribution in [2.45, 2.75) is 103 Å². The molecule has 1 aromatic carbocycles. The molecule has 6 nitrogen and oxygen atoms in total. The summed E-state index contributed by atoms with van der Waals surface area (Å²) in [6.07, 6.45) is 7.76. The van der Waals surface area contributed by atoms with Crippen LogP contribution < -0.4 is 0 Å². The highest BCUT2D eigenvalue weighted by Crippen LogP contribution is 2.68. The van der Waals surface area contributed by atoms with Gasteiger partial charge in [-0.15, -0.1) is 0 Å². The first-order valence-electron chi connectivity index (χ1n) is 15.3. The monoisotopic (exact) mass is 536 g/mol. The van der Waals surface area contributed by atoms with Gasteiger partial charge in [0.15, 0.2) is 6.29 Å². The maximum atomic E-state index is 13.4. The van der Waals surface area contributed by atoms with Crippen LogP contribution in [0.15, 0.2) is 30.3 Å². The number of hydrogen-bond acceptors (Lipinski definition) is 6. The molecule has 5 fully saturated rings. The van der Waals surface area contributed by atoms with Crippen LogP contribution in [0.4, 0.5) is 0 Å². The maximum absolute atomic E-state index is 13.4. The molecule has 1 aromatic rings. The Balaban J connectivity index is 1.41. The van der Waals surface area contributed by atoms with Gasteiger partial charge in [-0.3, -0.25) is 9.59 Å². The van der Waals surface area contributed by atoms with Crippen molar-refractivity contribution < 1.29 is 28.6 Å². The Hall–Kier alpha value is -2.05. The number of benzene rings is 1. The van der Waals surface area contributed by atoms with Crippen molar-refractivity contribution in [1.82, 2.24) is 0 Å². The van der Waals surface area contributed by atoms with Gasteiger partial charge in [0, 0.05) is 31.3 Å². The minimum absolute atomic E-state index is 0.00855. The number of ketones is 2. The van der Waals surface area contributed by atoms with Crippen LogP contribution in [0, 0.1) is 40.4 Å². The largest absolute Gasteiger partial charge is 0.458 e. The van der Waals surface area contributed by atoms with Crippen LogP contribution in [0.1, 0.15) is 95.3 Å². The molecule has 1 aliphatic heterocycles. The smallest absolute Gasteiger partial charge is 0.338 e. The minimum Gasteiger partial charge on any atom is -0.458 e. The topological polar surface area (TPSA) is 78.9 Å². The molecule has 6 rings (SSSR count). The number of hydrogen-bond donors (Lipinski definition) is 0.